The van der Waals surface area contributed by atoms with E-state index >= 15 is 0 Å². The lowest BCUT2D eigenvalue weighted by Gasteiger charge is -1.99. The molecule has 0 fully saturated rings. The molecule has 0 N–H and O–H groups in total. The van der Waals surface area contributed by atoms with Crippen molar-refractivity contribution in [2.75, 3.05) is 0 Å². The molecular weight excluding hydrogens is 396 g/mol. The molecule has 66 valence electrons. The summed E-state index contributed by atoms with van der Waals surface area (Å²) >= 11 is 4.30. The molecule has 2 heterocycles. The Bertz CT molecular complexity index is 426. The van der Waals surface area contributed by atoms with Crippen molar-refractivity contribution in [3.63, 3.8) is 0 Å². The van der Waals surface area contributed by atoms with E-state index in [2.05, 4.69) is 60.4 Å². The lowest BCUT2D eigenvalue weighted by atomic mass is 10.5. The van der Waals surface area contributed by atoms with Crippen LogP contribution in [0.3, 0.4) is 0 Å². The van der Waals surface area contributed by atoms with Gasteiger partial charge in [-0.25, -0.2) is 9.97 Å². The Hall–Kier alpha value is -0.320. The molecule has 0 aromatic carbocycles. The summed E-state index contributed by atoms with van der Waals surface area (Å²) in [6, 6.07) is 0. The number of aromatic nitrogens is 5. The van der Waals surface area contributed by atoms with Crippen molar-refractivity contribution in [2.24, 2.45) is 0 Å². The third-order valence-electron chi connectivity index (χ3n) is 1.44. The van der Waals surface area contributed by atoms with E-state index in [1.165, 1.54) is 6.33 Å². The second-order valence-corrected chi connectivity index (χ2v) is 4.22. The van der Waals surface area contributed by atoms with Crippen LogP contribution in [0.4, 0.5) is 0 Å². The van der Waals surface area contributed by atoms with E-state index in [0.717, 1.165) is 9.39 Å². The first-order chi connectivity index (χ1) is 6.29. The highest BCUT2D eigenvalue weighted by molar-refractivity contribution is 14.1. The van der Waals surface area contributed by atoms with Gasteiger partial charge in [-0.05, 0) is 27.6 Å². The van der Waals surface area contributed by atoms with E-state index in [9.17, 15) is 0 Å². The zero-order valence-corrected chi connectivity index (χ0v) is 10.6. The average Bonchev–Trinajstić information content (AvgIpc) is 2.52. The van der Waals surface area contributed by atoms with Crippen LogP contribution >= 0.6 is 45.5 Å². The molecule has 0 saturated heterocycles. The summed E-state index contributed by atoms with van der Waals surface area (Å²) in [7, 11) is 0. The Morgan fingerprint density at radius 1 is 1.38 bits per heavy atom. The van der Waals surface area contributed by atoms with Crippen molar-refractivity contribution in [2.45, 2.75) is 0 Å². The third-order valence-corrected chi connectivity index (χ3v) is 2.98. The van der Waals surface area contributed by atoms with Gasteiger partial charge in [0.1, 0.15) is 15.7 Å². The van der Waals surface area contributed by atoms with Crippen LogP contribution in [0.2, 0.25) is 0 Å². The maximum Gasteiger partial charge on any atom is 0.316 e. The van der Waals surface area contributed by atoms with E-state index in [0.29, 0.717) is 0 Å². The van der Waals surface area contributed by atoms with Crippen molar-refractivity contribution in [3.05, 3.63) is 28.9 Å². The van der Waals surface area contributed by atoms with Crippen molar-refractivity contribution in [3.8, 4) is 5.69 Å². The van der Waals surface area contributed by atoms with Crippen molar-refractivity contribution in [1.29, 1.82) is 0 Å². The van der Waals surface area contributed by atoms with Crippen LogP contribution < -0.4 is 2.90 Å². The fourth-order valence-electron chi connectivity index (χ4n) is 0.879. The van der Waals surface area contributed by atoms with Crippen molar-refractivity contribution >= 4 is 45.5 Å². The lowest BCUT2D eigenvalue weighted by molar-refractivity contribution is -0.533. The molecular formula is C6H4I2N5+. The van der Waals surface area contributed by atoms with Crippen LogP contribution in [0.1, 0.15) is 0 Å². The van der Waals surface area contributed by atoms with Crippen LogP contribution in [0.15, 0.2) is 25.2 Å². The van der Waals surface area contributed by atoms with Gasteiger partial charge >= 0.3 is 6.33 Å². The van der Waals surface area contributed by atoms with Gasteiger partial charge < -0.3 is 0 Å². The van der Waals surface area contributed by atoms with E-state index < -0.39 is 0 Å². The smallest absolute Gasteiger partial charge is 0.242 e. The standard InChI is InChI=1S/C6H4I2N5/c7-6-5(1-9-2-11-6)12-3-10-4-13(12)8/h1-4H/q+1. The third kappa shape index (κ3) is 1.80. The minimum Gasteiger partial charge on any atom is -0.242 e. The van der Waals surface area contributed by atoms with E-state index in [-0.39, 0.29) is 0 Å². The van der Waals surface area contributed by atoms with Crippen LogP contribution in [0.5, 0.6) is 0 Å². The Labute approximate surface area is 102 Å². The second kappa shape index (κ2) is 3.82. The quantitative estimate of drug-likeness (QED) is 0.525. The van der Waals surface area contributed by atoms with Gasteiger partial charge in [-0.3, -0.25) is 0 Å². The number of hydrogen-bond acceptors (Lipinski definition) is 3. The number of hydrogen-bond donors (Lipinski definition) is 0. The maximum absolute atomic E-state index is 4.09. The monoisotopic (exact) mass is 400 g/mol. The number of nitrogens with zero attached hydrogens (tertiary/aromatic N) is 5. The van der Waals surface area contributed by atoms with E-state index in [1.54, 1.807) is 18.9 Å². The molecule has 0 aliphatic heterocycles. The molecule has 0 amide bonds. The summed E-state index contributed by atoms with van der Waals surface area (Å²) in [5, 5.41) is 0. The molecule has 0 atom stereocenters. The van der Waals surface area contributed by atoms with Gasteiger partial charge in [0, 0.05) is 0 Å². The molecule has 7 heteroatoms. The van der Waals surface area contributed by atoms with Crippen molar-refractivity contribution < 1.29 is 2.90 Å². The van der Waals surface area contributed by atoms with Crippen molar-refractivity contribution in [1.82, 2.24) is 19.6 Å². The molecule has 0 unspecified atom stereocenters. The highest BCUT2D eigenvalue weighted by atomic mass is 127. The molecule has 2 aromatic rings. The van der Waals surface area contributed by atoms with Gasteiger partial charge in [-0.1, -0.05) is 2.90 Å². The first-order valence-electron chi connectivity index (χ1n) is 3.35. The van der Waals surface area contributed by atoms with Gasteiger partial charge in [0.15, 0.2) is 0 Å². The summed E-state index contributed by atoms with van der Waals surface area (Å²) in [6.45, 7) is 0. The molecule has 0 bridgehead atoms. The molecule has 0 radical (unpaired) electrons. The minimum absolute atomic E-state index is 0.899. The highest BCUT2D eigenvalue weighted by Crippen LogP contribution is 2.09. The minimum atomic E-state index is 0.899. The Morgan fingerprint density at radius 3 is 2.85 bits per heavy atom. The number of rotatable bonds is 1. The number of halogens is 2. The highest BCUT2D eigenvalue weighted by Gasteiger charge is 2.10. The maximum atomic E-state index is 4.09. The molecule has 0 spiro atoms. The molecule has 0 aliphatic carbocycles. The van der Waals surface area contributed by atoms with Crippen LogP contribution in [-0.2, 0) is 0 Å². The molecule has 0 saturated carbocycles. The normalized spacial score (nSPS) is 10.3. The molecule has 0 aliphatic rings. The predicted molar refractivity (Wildman–Crippen MR) is 61.5 cm³/mol. The van der Waals surface area contributed by atoms with Gasteiger partial charge in [0.2, 0.25) is 29.2 Å². The fraction of sp³-hybridized carbons (Fsp3) is 0. The van der Waals surface area contributed by atoms with Gasteiger partial charge in [-0.2, -0.15) is 0 Å². The second-order valence-electron chi connectivity index (χ2n) is 2.21. The zero-order chi connectivity index (χ0) is 9.26. The molecule has 13 heavy (non-hydrogen) atoms. The predicted octanol–water partition coefficient (Wildman–Crippen LogP) is 0.753. The Balaban J connectivity index is 2.59. The summed E-state index contributed by atoms with van der Waals surface area (Å²) in [5.74, 6) is 0. The van der Waals surface area contributed by atoms with E-state index in [4.69, 9.17) is 0 Å². The van der Waals surface area contributed by atoms with Gasteiger partial charge in [-0.15, -0.1) is 4.68 Å². The Kier molecular flexibility index (Phi) is 2.71. The summed E-state index contributed by atoms with van der Waals surface area (Å²) < 4.78 is 4.59. The molecule has 2 rings (SSSR count). The van der Waals surface area contributed by atoms with Crippen LogP contribution in [0, 0.1) is 3.70 Å². The zero-order valence-electron chi connectivity index (χ0n) is 6.30. The van der Waals surface area contributed by atoms with Crippen LogP contribution in [0.25, 0.3) is 5.69 Å². The topological polar surface area (TPSA) is 47.5 Å². The molecule has 5 nitrogen and oxygen atoms in total. The van der Waals surface area contributed by atoms with E-state index in [1.807, 2.05) is 7.58 Å². The summed E-state index contributed by atoms with van der Waals surface area (Å²) in [6.07, 6.45) is 6.71. The van der Waals surface area contributed by atoms with Crippen LogP contribution in [-0.4, -0.2) is 19.6 Å². The molecule has 2 aromatic heterocycles. The first kappa shape index (κ1) is 9.24. The lowest BCUT2D eigenvalue weighted by Crippen LogP contribution is -2.29. The van der Waals surface area contributed by atoms with Gasteiger partial charge in [0.25, 0.3) is 0 Å². The first-order valence-corrected chi connectivity index (χ1v) is 5.39. The SMILES string of the molecule is Ic1ncncc1-n1cnc[n+]1I. The summed E-state index contributed by atoms with van der Waals surface area (Å²) in [5.41, 5.74) is 0.926. The largest absolute Gasteiger partial charge is 0.316 e. The summed E-state index contributed by atoms with van der Waals surface area (Å²) in [4.78, 5) is 12.0. The van der Waals surface area contributed by atoms with Gasteiger partial charge in [0.05, 0.1) is 6.20 Å². The fourth-order valence-corrected chi connectivity index (χ4v) is 1.88. The Morgan fingerprint density at radius 2 is 2.23 bits per heavy atom. The average molecular weight is 400 g/mol.